The fourth-order valence-electron chi connectivity index (χ4n) is 2.05. The largest absolute Gasteiger partial charge is 0.481 e. The molecule has 0 atom stereocenters. The lowest BCUT2D eigenvalue weighted by Gasteiger charge is -2.07. The van der Waals surface area contributed by atoms with Crippen LogP contribution in [0.3, 0.4) is 0 Å². The number of aliphatic carboxylic acids is 1. The minimum atomic E-state index is -1.08. The normalized spacial score (nSPS) is 16.0. The Labute approximate surface area is 157 Å². The third-order valence-corrected chi connectivity index (χ3v) is 4.46. The number of carboxylic acid groups (broad SMARTS) is 1. The first-order valence-corrected chi connectivity index (χ1v) is 8.56. The van der Waals surface area contributed by atoms with Crippen LogP contribution in [0.5, 0.6) is 5.75 Å². The molecule has 1 aliphatic rings. The molecule has 0 spiro atoms. The number of amides is 1. The first kappa shape index (κ1) is 17.9. The van der Waals surface area contributed by atoms with Gasteiger partial charge in [0.2, 0.25) is 0 Å². The highest BCUT2D eigenvalue weighted by Crippen LogP contribution is 2.34. The summed E-state index contributed by atoms with van der Waals surface area (Å²) in [4.78, 5) is 23.6. The Kier molecular flexibility index (Phi) is 5.49. The van der Waals surface area contributed by atoms with Crippen LogP contribution >= 0.6 is 24.0 Å². The van der Waals surface area contributed by atoms with Gasteiger partial charge in [0.1, 0.15) is 11.5 Å². The molecule has 0 bridgehead atoms. The van der Waals surface area contributed by atoms with Crippen LogP contribution in [0.4, 0.5) is 0 Å². The number of carbonyl (C=O) groups is 2. The molecular weight excluding hydrogens is 376 g/mol. The number of carbonyl (C=O) groups excluding carboxylic acids is 1. The highest BCUT2D eigenvalue weighted by atomic mass is 32.2. The van der Waals surface area contributed by atoms with Crippen molar-refractivity contribution in [1.29, 1.82) is 0 Å². The minimum Gasteiger partial charge on any atom is -0.481 e. The quantitative estimate of drug-likeness (QED) is 0.462. The van der Waals surface area contributed by atoms with Gasteiger partial charge in [0.25, 0.3) is 5.91 Å². The number of thioether (sulfide) groups is 1. The molecule has 1 aromatic heterocycles. The van der Waals surface area contributed by atoms with Crippen molar-refractivity contribution in [3.05, 3.63) is 58.9 Å². The monoisotopic (exact) mass is 388 g/mol. The maximum absolute atomic E-state index is 12.5. The van der Waals surface area contributed by atoms with E-state index in [2.05, 4.69) is 5.10 Å². The Morgan fingerprint density at radius 2 is 2.15 bits per heavy atom. The zero-order chi connectivity index (χ0) is 18.5. The summed E-state index contributed by atoms with van der Waals surface area (Å²) in [6, 6.07) is 10.2. The lowest BCUT2D eigenvalue weighted by atomic mass is 10.2. The lowest BCUT2D eigenvalue weighted by molar-refractivity contribution is -0.139. The molecule has 1 aliphatic heterocycles. The third-order valence-electron chi connectivity index (χ3n) is 3.17. The second kappa shape index (κ2) is 7.98. The molecule has 1 N–H and O–H groups in total. The number of ether oxygens (including phenoxy) is 1. The van der Waals surface area contributed by atoms with Crippen molar-refractivity contribution in [2.75, 3.05) is 6.61 Å². The number of furan rings is 1. The van der Waals surface area contributed by atoms with Crippen LogP contribution in [0.1, 0.15) is 11.3 Å². The van der Waals surface area contributed by atoms with Crippen molar-refractivity contribution in [1.82, 2.24) is 5.01 Å². The van der Waals surface area contributed by atoms with Crippen LogP contribution in [0.25, 0.3) is 6.08 Å². The van der Waals surface area contributed by atoms with Gasteiger partial charge in [-0.15, -0.1) is 0 Å². The molecule has 1 saturated heterocycles. The van der Waals surface area contributed by atoms with Crippen molar-refractivity contribution >= 4 is 52.5 Å². The van der Waals surface area contributed by atoms with E-state index in [1.807, 2.05) is 0 Å². The van der Waals surface area contributed by atoms with E-state index in [1.54, 1.807) is 42.5 Å². The van der Waals surface area contributed by atoms with Gasteiger partial charge in [-0.05, 0) is 36.5 Å². The topological polar surface area (TPSA) is 92.3 Å². The molecule has 0 aliphatic carbocycles. The van der Waals surface area contributed by atoms with Gasteiger partial charge in [-0.2, -0.15) is 10.1 Å². The molecule has 0 radical (unpaired) electrons. The number of rotatable bonds is 6. The summed E-state index contributed by atoms with van der Waals surface area (Å²) in [5.74, 6) is -0.607. The van der Waals surface area contributed by atoms with Gasteiger partial charge >= 0.3 is 5.97 Å². The Bertz CT molecular complexity index is 906. The summed E-state index contributed by atoms with van der Waals surface area (Å²) in [5.41, 5.74) is 0.573. The van der Waals surface area contributed by atoms with Gasteiger partial charge in [0.05, 0.1) is 17.4 Å². The molecule has 26 heavy (non-hydrogen) atoms. The molecule has 3 rings (SSSR count). The van der Waals surface area contributed by atoms with E-state index in [1.165, 1.54) is 12.5 Å². The predicted octanol–water partition coefficient (Wildman–Crippen LogP) is 2.98. The molecule has 1 amide bonds. The number of nitrogens with zero attached hydrogens (tertiary/aromatic N) is 2. The van der Waals surface area contributed by atoms with Crippen molar-refractivity contribution in [3.8, 4) is 5.75 Å². The average Bonchev–Trinajstić information content (AvgIpc) is 3.21. The van der Waals surface area contributed by atoms with Gasteiger partial charge in [0, 0.05) is 5.56 Å². The molecule has 9 heteroatoms. The maximum Gasteiger partial charge on any atom is 0.341 e. The Morgan fingerprint density at radius 3 is 2.88 bits per heavy atom. The van der Waals surface area contributed by atoms with Crippen LogP contribution in [-0.4, -0.2) is 39.1 Å². The molecule has 7 nitrogen and oxygen atoms in total. The van der Waals surface area contributed by atoms with Crippen molar-refractivity contribution in [3.63, 3.8) is 0 Å². The van der Waals surface area contributed by atoms with Gasteiger partial charge in [0.15, 0.2) is 10.9 Å². The highest BCUT2D eigenvalue weighted by Gasteiger charge is 2.32. The molecule has 2 aromatic rings. The van der Waals surface area contributed by atoms with Crippen molar-refractivity contribution < 1.29 is 23.8 Å². The molecule has 1 fully saturated rings. The van der Waals surface area contributed by atoms with Gasteiger partial charge in [-0.1, -0.05) is 30.0 Å². The second-order valence-electron chi connectivity index (χ2n) is 4.97. The average molecular weight is 388 g/mol. The summed E-state index contributed by atoms with van der Waals surface area (Å²) in [6.07, 6.45) is 4.50. The zero-order valence-corrected chi connectivity index (χ0v) is 14.8. The highest BCUT2D eigenvalue weighted by molar-refractivity contribution is 8.26. The number of carboxylic acids is 1. The maximum atomic E-state index is 12.5. The fraction of sp³-hybridized carbons (Fsp3) is 0.0588. The lowest BCUT2D eigenvalue weighted by Crippen LogP contribution is -2.22. The number of benzene rings is 1. The van der Waals surface area contributed by atoms with Crippen molar-refractivity contribution in [2.24, 2.45) is 5.10 Å². The van der Waals surface area contributed by atoms with Crippen LogP contribution in [0, 0.1) is 0 Å². The Balaban J connectivity index is 1.81. The number of para-hydroxylation sites is 1. The van der Waals surface area contributed by atoms with Crippen molar-refractivity contribution in [2.45, 2.75) is 0 Å². The molecule has 0 saturated carbocycles. The molecule has 132 valence electrons. The van der Waals surface area contributed by atoms with Gasteiger partial charge in [-0.25, -0.2) is 4.79 Å². The number of hydrogen-bond donors (Lipinski definition) is 1. The molecule has 2 heterocycles. The van der Waals surface area contributed by atoms with E-state index in [0.717, 1.165) is 16.8 Å². The third kappa shape index (κ3) is 4.19. The summed E-state index contributed by atoms with van der Waals surface area (Å²) < 4.78 is 10.7. The zero-order valence-electron chi connectivity index (χ0n) is 13.2. The number of hydrazone groups is 1. The Hall–Kier alpha value is -2.91. The second-order valence-corrected chi connectivity index (χ2v) is 6.65. The van der Waals surface area contributed by atoms with Crippen LogP contribution in [0.15, 0.2) is 57.1 Å². The standard InChI is InChI=1S/C17H12N2O5S2/c20-15(21)10-24-13-6-2-1-4-11(13)8-14-16(22)19(17(25)26-14)18-9-12-5-3-7-23-12/h1-9H,10H2,(H,20,21). The summed E-state index contributed by atoms with van der Waals surface area (Å²) in [5, 5.41) is 13.9. The van der Waals surface area contributed by atoms with Crippen LogP contribution in [0.2, 0.25) is 0 Å². The van der Waals surface area contributed by atoms with E-state index >= 15 is 0 Å². The smallest absolute Gasteiger partial charge is 0.341 e. The summed E-state index contributed by atoms with van der Waals surface area (Å²) in [6.45, 7) is -0.473. The van der Waals surface area contributed by atoms with Gasteiger partial charge in [-0.3, -0.25) is 4.79 Å². The SMILES string of the molecule is O=C(O)COc1ccccc1C=C1SC(=S)N(N=Cc2ccco2)C1=O. The molecular formula is C17H12N2O5S2. The fourth-order valence-corrected chi connectivity index (χ4v) is 3.21. The van der Waals surface area contributed by atoms with Crippen LogP contribution in [-0.2, 0) is 9.59 Å². The summed E-state index contributed by atoms with van der Waals surface area (Å²) in [7, 11) is 0. The summed E-state index contributed by atoms with van der Waals surface area (Å²) >= 11 is 6.30. The van der Waals surface area contributed by atoms with E-state index < -0.39 is 12.6 Å². The van der Waals surface area contributed by atoms with E-state index in [0.29, 0.717) is 22.0 Å². The molecule has 1 aromatic carbocycles. The minimum absolute atomic E-state index is 0.285. The van der Waals surface area contributed by atoms with E-state index in [-0.39, 0.29) is 10.2 Å². The van der Waals surface area contributed by atoms with Gasteiger partial charge < -0.3 is 14.3 Å². The van der Waals surface area contributed by atoms with Crippen LogP contribution < -0.4 is 4.74 Å². The Morgan fingerprint density at radius 1 is 1.35 bits per heavy atom. The first-order valence-electron chi connectivity index (χ1n) is 7.33. The number of hydrogen-bond acceptors (Lipinski definition) is 7. The van der Waals surface area contributed by atoms with E-state index in [9.17, 15) is 9.59 Å². The predicted molar refractivity (Wildman–Crippen MR) is 101 cm³/mol. The first-order chi connectivity index (χ1) is 12.5. The van der Waals surface area contributed by atoms with E-state index in [4.69, 9.17) is 26.5 Å². The number of thiocarbonyl (C=S) groups is 1. The molecule has 0 unspecified atom stereocenters.